The van der Waals surface area contributed by atoms with E-state index >= 15 is 0 Å². The van der Waals surface area contributed by atoms with Gasteiger partial charge in [0.25, 0.3) is 10.0 Å². The summed E-state index contributed by atoms with van der Waals surface area (Å²) in [4.78, 5) is 14.8. The highest BCUT2D eigenvalue weighted by Crippen LogP contribution is 2.24. The van der Waals surface area contributed by atoms with Crippen molar-refractivity contribution in [3.63, 3.8) is 0 Å². The van der Waals surface area contributed by atoms with Crippen molar-refractivity contribution in [3.8, 4) is 0 Å². The molecule has 0 atom stereocenters. The number of rotatable bonds is 4. The summed E-state index contributed by atoms with van der Waals surface area (Å²) in [5, 5.41) is 7.68. The van der Waals surface area contributed by atoms with Gasteiger partial charge in [-0.2, -0.15) is 0 Å². The van der Waals surface area contributed by atoms with Gasteiger partial charge in [-0.3, -0.25) is 9.52 Å². The van der Waals surface area contributed by atoms with Gasteiger partial charge in [-0.25, -0.2) is 13.4 Å². The van der Waals surface area contributed by atoms with Gasteiger partial charge in [0.05, 0.1) is 5.52 Å². The summed E-state index contributed by atoms with van der Waals surface area (Å²) >= 11 is 0. The van der Waals surface area contributed by atoms with E-state index in [4.69, 9.17) is 10.8 Å². The maximum Gasteiger partial charge on any atom is 0.264 e. The molecule has 3 rings (SSSR count). The number of hydrogen-bond donors (Lipinski definition) is 3. The predicted molar refractivity (Wildman–Crippen MR) is 96.9 cm³/mol. The number of aliphatic hydroxyl groups excluding tert-OH is 1. The van der Waals surface area contributed by atoms with Crippen LogP contribution in [0.25, 0.3) is 10.9 Å². The Morgan fingerprint density at radius 2 is 1.72 bits per heavy atom. The summed E-state index contributed by atoms with van der Waals surface area (Å²) in [5.74, 6) is 0.246. The lowest BCUT2D eigenvalue weighted by atomic mass is 10.2. The summed E-state index contributed by atoms with van der Waals surface area (Å²) < 4.78 is 27.7. The Hall–Kier alpha value is -2.97. The molecule has 4 N–H and O–H groups in total. The maximum absolute atomic E-state index is 12.6. The van der Waals surface area contributed by atoms with Crippen LogP contribution < -0.4 is 10.5 Å². The number of nitrogens with one attached hydrogen (secondary N) is 1. The lowest BCUT2D eigenvalue weighted by Gasteiger charge is -2.10. The van der Waals surface area contributed by atoms with Gasteiger partial charge in [0.2, 0.25) is 0 Å². The summed E-state index contributed by atoms with van der Waals surface area (Å²) in [6.45, 7) is 0. The molecule has 0 spiro atoms. The Morgan fingerprint density at radius 3 is 2.36 bits per heavy atom. The van der Waals surface area contributed by atoms with Crippen molar-refractivity contribution in [2.24, 2.45) is 0 Å². The maximum atomic E-state index is 12.6. The van der Waals surface area contributed by atoms with Crippen molar-refractivity contribution >= 4 is 38.7 Å². The van der Waals surface area contributed by atoms with Crippen LogP contribution in [0.3, 0.4) is 0 Å². The van der Waals surface area contributed by atoms with Gasteiger partial charge >= 0.3 is 0 Å². The van der Waals surface area contributed by atoms with E-state index in [0.29, 0.717) is 28.4 Å². The molecule has 25 heavy (non-hydrogen) atoms. The second-order valence-corrected chi connectivity index (χ2v) is 6.56. The number of carbonyl (C=O) groups is 1. The van der Waals surface area contributed by atoms with Crippen molar-refractivity contribution in [2.45, 2.75) is 4.90 Å². The SMILES string of the molecule is CO.Nc1ccc2cccc(S(=O)(=O)Nc3ccc(C=O)cc3)c2n1. The topological polar surface area (TPSA) is 122 Å². The first kappa shape index (κ1) is 18.4. The Bertz CT molecular complexity index is 986. The standard InChI is InChI=1S/C16H13N3O3S.CH4O/c17-15-9-6-12-2-1-3-14(16(12)18-15)23(21,22)19-13-7-4-11(10-20)5-8-13;1-2/h1-10,19H,(H2,17,18);2H,1H3. The quantitative estimate of drug-likeness (QED) is 0.613. The zero-order valence-electron chi connectivity index (χ0n) is 13.4. The fourth-order valence-electron chi connectivity index (χ4n) is 2.19. The number of carbonyl (C=O) groups excluding carboxylic acids is 1. The zero-order valence-corrected chi connectivity index (χ0v) is 14.2. The number of fused-ring (bicyclic) bond motifs is 1. The number of nitrogens with two attached hydrogens (primary N) is 1. The molecule has 0 saturated carbocycles. The normalized spacial score (nSPS) is 10.6. The molecular weight excluding hydrogens is 342 g/mol. The highest BCUT2D eigenvalue weighted by Gasteiger charge is 2.18. The smallest absolute Gasteiger partial charge is 0.264 e. The van der Waals surface area contributed by atoms with Crippen LogP contribution in [-0.2, 0) is 10.0 Å². The number of anilines is 2. The van der Waals surface area contributed by atoms with Crippen molar-refractivity contribution in [2.75, 3.05) is 17.6 Å². The molecule has 0 saturated heterocycles. The third-order valence-corrected chi connectivity index (χ3v) is 4.71. The highest BCUT2D eigenvalue weighted by atomic mass is 32.2. The Labute approximate surface area is 145 Å². The minimum absolute atomic E-state index is 0.0433. The number of nitrogens with zero attached hydrogens (tertiary/aromatic N) is 1. The number of sulfonamides is 1. The van der Waals surface area contributed by atoms with Crippen LogP contribution in [0.2, 0.25) is 0 Å². The van der Waals surface area contributed by atoms with Gasteiger partial charge < -0.3 is 10.8 Å². The molecule has 3 aromatic rings. The number of aliphatic hydroxyl groups is 1. The lowest BCUT2D eigenvalue weighted by Crippen LogP contribution is -2.14. The van der Waals surface area contributed by atoms with E-state index in [0.717, 1.165) is 7.11 Å². The van der Waals surface area contributed by atoms with Crippen LogP contribution in [0, 0.1) is 0 Å². The molecule has 0 unspecified atom stereocenters. The summed E-state index contributed by atoms with van der Waals surface area (Å²) in [7, 11) is -2.83. The van der Waals surface area contributed by atoms with Crippen LogP contribution in [0.1, 0.15) is 10.4 Å². The van der Waals surface area contributed by atoms with Gasteiger partial charge in [0.1, 0.15) is 17.0 Å². The molecule has 1 aromatic heterocycles. The van der Waals surface area contributed by atoms with Crippen LogP contribution in [-0.4, -0.2) is 31.9 Å². The van der Waals surface area contributed by atoms with E-state index in [9.17, 15) is 13.2 Å². The van der Waals surface area contributed by atoms with Crippen LogP contribution >= 0.6 is 0 Å². The third kappa shape index (κ3) is 4.11. The van der Waals surface area contributed by atoms with Gasteiger partial charge in [-0.1, -0.05) is 12.1 Å². The van der Waals surface area contributed by atoms with E-state index in [1.165, 1.54) is 30.3 Å². The van der Waals surface area contributed by atoms with Crippen molar-refractivity contribution in [3.05, 3.63) is 60.2 Å². The Balaban J connectivity index is 0.00000109. The number of hydrogen-bond acceptors (Lipinski definition) is 6. The number of aromatic nitrogens is 1. The van der Waals surface area contributed by atoms with Gasteiger partial charge in [0.15, 0.2) is 0 Å². The third-order valence-electron chi connectivity index (χ3n) is 3.29. The second kappa shape index (κ2) is 7.73. The first-order chi connectivity index (χ1) is 12.0. The fourth-order valence-corrected chi connectivity index (χ4v) is 3.42. The van der Waals surface area contributed by atoms with E-state index in [1.54, 1.807) is 24.3 Å². The lowest BCUT2D eigenvalue weighted by molar-refractivity contribution is 0.112. The first-order valence-electron chi connectivity index (χ1n) is 7.18. The fraction of sp³-hybridized carbons (Fsp3) is 0.0588. The van der Waals surface area contributed by atoms with Gasteiger partial charge in [-0.05, 0) is 42.5 Å². The van der Waals surface area contributed by atoms with Crippen LogP contribution in [0.4, 0.5) is 11.5 Å². The summed E-state index contributed by atoms with van der Waals surface area (Å²) in [5.41, 5.74) is 6.79. The molecule has 0 radical (unpaired) electrons. The molecule has 0 bridgehead atoms. The molecule has 7 nitrogen and oxygen atoms in total. The number of aldehydes is 1. The molecule has 130 valence electrons. The van der Waals surface area contributed by atoms with E-state index < -0.39 is 10.0 Å². The van der Waals surface area contributed by atoms with Crippen molar-refractivity contribution < 1.29 is 18.3 Å². The molecule has 8 heteroatoms. The first-order valence-corrected chi connectivity index (χ1v) is 8.66. The average Bonchev–Trinajstić information content (AvgIpc) is 2.63. The molecule has 1 heterocycles. The van der Waals surface area contributed by atoms with Crippen molar-refractivity contribution in [1.82, 2.24) is 4.98 Å². The van der Waals surface area contributed by atoms with Crippen molar-refractivity contribution in [1.29, 1.82) is 0 Å². The van der Waals surface area contributed by atoms with Gasteiger partial charge in [0, 0.05) is 23.7 Å². The Morgan fingerprint density at radius 1 is 1.04 bits per heavy atom. The molecule has 2 aromatic carbocycles. The number of para-hydroxylation sites is 1. The van der Waals surface area contributed by atoms with E-state index in [-0.39, 0.29) is 10.7 Å². The van der Waals surface area contributed by atoms with E-state index in [1.807, 2.05) is 0 Å². The predicted octanol–water partition coefficient (Wildman–Crippen LogP) is 2.04. The van der Waals surface area contributed by atoms with Crippen LogP contribution in [0.5, 0.6) is 0 Å². The minimum atomic E-state index is -3.83. The second-order valence-electron chi connectivity index (χ2n) is 4.91. The number of nitrogen functional groups attached to an aromatic ring is 1. The summed E-state index contributed by atoms with van der Waals surface area (Å²) in [6, 6.07) is 14.3. The van der Waals surface area contributed by atoms with Gasteiger partial charge in [-0.15, -0.1) is 0 Å². The number of benzene rings is 2. The average molecular weight is 359 g/mol. The van der Waals surface area contributed by atoms with E-state index in [2.05, 4.69) is 9.71 Å². The number of pyridine rings is 1. The zero-order chi connectivity index (χ0) is 18.4. The summed E-state index contributed by atoms with van der Waals surface area (Å²) in [6.07, 6.45) is 0.690. The Kier molecular flexibility index (Phi) is 5.68. The minimum Gasteiger partial charge on any atom is -0.400 e. The molecule has 0 fully saturated rings. The molecule has 0 amide bonds. The largest absolute Gasteiger partial charge is 0.400 e. The van der Waals surface area contributed by atoms with Crippen LogP contribution in [0.15, 0.2) is 59.5 Å². The molecule has 0 aliphatic rings. The monoisotopic (exact) mass is 359 g/mol. The molecular formula is C17H17N3O4S. The molecule has 0 aliphatic heterocycles. The molecule has 0 aliphatic carbocycles. The highest BCUT2D eigenvalue weighted by molar-refractivity contribution is 7.93.